The molecule has 0 aliphatic carbocycles. The molecule has 0 amide bonds. The van der Waals surface area contributed by atoms with Crippen LogP contribution in [0.4, 0.5) is 0 Å². The van der Waals surface area contributed by atoms with Crippen molar-refractivity contribution in [3.05, 3.63) is 65.7 Å². The van der Waals surface area contributed by atoms with E-state index >= 15 is 0 Å². The molecule has 3 heterocycles. The number of ether oxygens (including phenoxy) is 1. The van der Waals surface area contributed by atoms with Gasteiger partial charge in [-0.1, -0.05) is 48.5 Å². The van der Waals surface area contributed by atoms with Crippen molar-refractivity contribution in [2.24, 2.45) is 0 Å². The molecule has 2 aromatic carbocycles. The van der Waals surface area contributed by atoms with Crippen LogP contribution in [-0.2, 0) is 0 Å². The number of aliphatic hydroxyl groups excluding tert-OH is 2. The number of aliphatic hydroxyl groups is 2. The summed E-state index contributed by atoms with van der Waals surface area (Å²) in [5.41, 5.74) is 1.88. The molecule has 6 atom stereocenters. The van der Waals surface area contributed by atoms with Gasteiger partial charge in [0.2, 0.25) is 0 Å². The summed E-state index contributed by atoms with van der Waals surface area (Å²) in [6, 6.07) is 17.7. The lowest BCUT2D eigenvalue weighted by atomic mass is 9.73. The zero-order valence-corrected chi connectivity index (χ0v) is 12.7. The van der Waals surface area contributed by atoms with Gasteiger partial charge in [0.1, 0.15) is 18.5 Å². The maximum absolute atomic E-state index is 10.9. The molecule has 0 radical (unpaired) electrons. The molecule has 0 saturated carbocycles. The van der Waals surface area contributed by atoms with Crippen LogP contribution in [0.25, 0.3) is 0 Å². The zero-order chi connectivity index (χ0) is 15.6. The van der Waals surface area contributed by atoms with Crippen LogP contribution >= 0.6 is 0 Å². The average Bonchev–Trinajstić information content (AvgIpc) is 3.30. The van der Waals surface area contributed by atoms with E-state index in [4.69, 9.17) is 4.74 Å². The summed E-state index contributed by atoms with van der Waals surface area (Å²) in [5.74, 6) is 0.738. The molecule has 4 nitrogen and oxygen atoms in total. The summed E-state index contributed by atoms with van der Waals surface area (Å²) in [6.07, 6.45) is -1.59. The van der Waals surface area contributed by atoms with Crippen molar-refractivity contribution in [1.29, 1.82) is 0 Å². The highest BCUT2D eigenvalue weighted by molar-refractivity contribution is 5.47. The fourth-order valence-corrected chi connectivity index (χ4v) is 4.59. The van der Waals surface area contributed by atoms with Gasteiger partial charge in [-0.25, -0.2) is 0 Å². The van der Waals surface area contributed by atoms with Crippen LogP contribution in [0.3, 0.4) is 0 Å². The Morgan fingerprint density at radius 1 is 0.957 bits per heavy atom. The van der Waals surface area contributed by atoms with Gasteiger partial charge in [-0.2, -0.15) is 0 Å². The van der Waals surface area contributed by atoms with Crippen molar-refractivity contribution >= 4 is 0 Å². The fourth-order valence-electron chi connectivity index (χ4n) is 4.59. The van der Waals surface area contributed by atoms with Gasteiger partial charge in [-0.15, -0.1) is 0 Å². The van der Waals surface area contributed by atoms with E-state index in [-0.39, 0.29) is 17.5 Å². The van der Waals surface area contributed by atoms with Crippen molar-refractivity contribution in [2.75, 3.05) is 13.2 Å². The molecule has 0 bridgehead atoms. The third kappa shape index (κ3) is 1.71. The Hall–Kier alpha value is -1.88. The Balaban J connectivity index is 1.59. The van der Waals surface area contributed by atoms with Crippen molar-refractivity contribution < 1.29 is 14.9 Å². The molecule has 2 N–H and O–H groups in total. The maximum atomic E-state index is 10.9. The second-order valence-electron chi connectivity index (χ2n) is 6.87. The molecule has 4 heteroatoms. The molecule has 1 unspecified atom stereocenters. The summed E-state index contributed by atoms with van der Waals surface area (Å²) >= 11 is 0. The topological polar surface area (TPSA) is 52.7 Å². The van der Waals surface area contributed by atoms with Gasteiger partial charge < -0.3 is 14.9 Å². The Kier molecular flexibility index (Phi) is 2.69. The molecule has 23 heavy (non-hydrogen) atoms. The molecule has 1 spiro atoms. The van der Waals surface area contributed by atoms with Gasteiger partial charge >= 0.3 is 0 Å². The van der Waals surface area contributed by atoms with E-state index in [1.807, 2.05) is 54.6 Å². The van der Waals surface area contributed by atoms with E-state index in [9.17, 15) is 10.2 Å². The first-order valence-electron chi connectivity index (χ1n) is 8.12. The van der Waals surface area contributed by atoms with E-state index in [1.54, 1.807) is 0 Å². The number of fused-ring (bicyclic) bond motifs is 2. The van der Waals surface area contributed by atoms with Gasteiger partial charge in [0.15, 0.2) is 0 Å². The molecular formula is C19H19NO3. The molecular weight excluding hydrogens is 290 g/mol. The molecule has 2 fully saturated rings. The Morgan fingerprint density at radius 2 is 1.70 bits per heavy atom. The summed E-state index contributed by atoms with van der Waals surface area (Å²) in [4.78, 5) is 2.29. The van der Waals surface area contributed by atoms with E-state index in [0.717, 1.165) is 23.4 Å². The molecule has 3 aliphatic heterocycles. The Bertz CT molecular complexity index is 749. The lowest BCUT2D eigenvalue weighted by Crippen LogP contribution is -2.55. The quantitative estimate of drug-likeness (QED) is 0.787. The fraction of sp³-hybridized carbons (Fsp3) is 0.368. The first-order chi connectivity index (χ1) is 11.2. The summed E-state index contributed by atoms with van der Waals surface area (Å²) < 4.78 is 5.97. The van der Waals surface area contributed by atoms with Gasteiger partial charge in [-0.05, 0) is 11.6 Å². The number of hydrogen-bond acceptors (Lipinski definition) is 4. The molecule has 5 rings (SSSR count). The summed E-state index contributed by atoms with van der Waals surface area (Å²) in [7, 11) is 0. The van der Waals surface area contributed by atoms with E-state index < -0.39 is 12.2 Å². The van der Waals surface area contributed by atoms with E-state index in [1.165, 1.54) is 0 Å². The third-order valence-electron chi connectivity index (χ3n) is 5.72. The van der Waals surface area contributed by atoms with Gasteiger partial charge in [-0.3, -0.25) is 4.90 Å². The zero-order valence-electron chi connectivity index (χ0n) is 12.7. The smallest absolute Gasteiger partial charge is 0.123 e. The van der Waals surface area contributed by atoms with Crippen LogP contribution in [0.2, 0.25) is 0 Å². The highest BCUT2D eigenvalue weighted by Gasteiger charge is 2.70. The van der Waals surface area contributed by atoms with Gasteiger partial charge in [0.05, 0.1) is 17.7 Å². The average molecular weight is 309 g/mol. The normalized spacial score (nSPS) is 40.3. The summed E-state index contributed by atoms with van der Waals surface area (Å²) in [6.45, 7) is 1.42. The predicted octanol–water partition coefficient (Wildman–Crippen LogP) is 1.69. The maximum Gasteiger partial charge on any atom is 0.123 e. The second kappa shape index (κ2) is 4.57. The highest BCUT2D eigenvalue weighted by atomic mass is 16.5. The monoisotopic (exact) mass is 309 g/mol. The highest BCUT2D eigenvalue weighted by Crippen LogP contribution is 2.60. The second-order valence-corrected chi connectivity index (χ2v) is 6.87. The number of para-hydroxylation sites is 1. The SMILES string of the molecule is O[C@@H]1[C@H](O)[C@H]2c3ccccc3OC[C@@]23CN3[C@H]1c1ccccc1. The third-order valence-corrected chi connectivity index (χ3v) is 5.72. The predicted molar refractivity (Wildman–Crippen MR) is 85.3 cm³/mol. The Morgan fingerprint density at radius 3 is 2.52 bits per heavy atom. The number of rotatable bonds is 1. The lowest BCUT2D eigenvalue weighted by Gasteiger charge is -2.46. The van der Waals surface area contributed by atoms with Crippen molar-refractivity contribution in [2.45, 2.75) is 29.7 Å². The Labute approximate surface area is 134 Å². The number of benzene rings is 2. The van der Waals surface area contributed by atoms with Gasteiger partial charge in [0.25, 0.3) is 0 Å². The molecule has 118 valence electrons. The minimum atomic E-state index is -0.802. The van der Waals surface area contributed by atoms with Crippen LogP contribution in [0, 0.1) is 0 Å². The van der Waals surface area contributed by atoms with E-state index in [0.29, 0.717) is 6.61 Å². The van der Waals surface area contributed by atoms with Crippen molar-refractivity contribution in [3.8, 4) is 5.75 Å². The minimum Gasteiger partial charge on any atom is -0.491 e. The number of nitrogens with zero attached hydrogens (tertiary/aromatic N) is 1. The molecule has 0 aromatic heterocycles. The minimum absolute atomic E-state index is 0.0950. The van der Waals surface area contributed by atoms with E-state index in [2.05, 4.69) is 4.90 Å². The van der Waals surface area contributed by atoms with Gasteiger partial charge in [0, 0.05) is 18.0 Å². The standard InChI is InChI=1S/C19H19NO3/c21-17-15-13-8-4-5-9-14(13)23-11-19(15)10-20(19)16(18(17)22)12-6-2-1-3-7-12/h1-9,15-18,21-22H,10-11H2/t15-,16+,17-,18+,19+,20?/m1/s1. The van der Waals surface area contributed by atoms with Crippen LogP contribution in [0.1, 0.15) is 23.1 Å². The lowest BCUT2D eigenvalue weighted by molar-refractivity contribution is -0.0847. The van der Waals surface area contributed by atoms with Crippen LogP contribution in [-0.4, -0.2) is 46.0 Å². The number of hydrogen-bond donors (Lipinski definition) is 2. The first kappa shape index (κ1) is 13.5. The molecule has 2 aromatic rings. The van der Waals surface area contributed by atoms with Crippen LogP contribution < -0.4 is 4.74 Å². The molecule has 3 aliphatic rings. The number of piperidine rings is 1. The van der Waals surface area contributed by atoms with Crippen molar-refractivity contribution in [1.82, 2.24) is 4.90 Å². The largest absolute Gasteiger partial charge is 0.491 e. The van der Waals surface area contributed by atoms with Crippen LogP contribution in [0.15, 0.2) is 54.6 Å². The summed E-state index contributed by atoms with van der Waals surface area (Å²) in [5, 5.41) is 21.7. The van der Waals surface area contributed by atoms with Crippen LogP contribution in [0.5, 0.6) is 5.75 Å². The first-order valence-corrected chi connectivity index (χ1v) is 8.12. The molecule has 2 saturated heterocycles. The van der Waals surface area contributed by atoms with Crippen molar-refractivity contribution in [3.63, 3.8) is 0 Å².